The number of hydrogen-bond donors (Lipinski definition) is 0. The minimum absolute atomic E-state index is 0.0984. The summed E-state index contributed by atoms with van der Waals surface area (Å²) in [6.07, 6.45) is 5.06. The fraction of sp³-hybridized carbons (Fsp3) is 0.222. The van der Waals surface area contributed by atoms with Crippen LogP contribution in [0.2, 0.25) is 0 Å². The Morgan fingerprint density at radius 1 is 1.58 bits per heavy atom. The minimum Gasteiger partial charge on any atom is -0.303 e. The molecule has 60 valence electrons. The van der Waals surface area contributed by atoms with E-state index in [1.807, 2.05) is 12.1 Å². The molecule has 0 bridgehead atoms. The van der Waals surface area contributed by atoms with Crippen molar-refractivity contribution in [1.82, 2.24) is 4.98 Å². The van der Waals surface area contributed by atoms with E-state index in [0.29, 0.717) is 6.42 Å². The van der Waals surface area contributed by atoms with E-state index in [1.54, 1.807) is 12.4 Å². The van der Waals surface area contributed by atoms with Gasteiger partial charge in [-0.05, 0) is 18.6 Å². The summed E-state index contributed by atoms with van der Waals surface area (Å²) in [5.74, 6) is -0.0984. The third kappa shape index (κ3) is 1.03. The smallest absolute Gasteiger partial charge is 0.129 e. The van der Waals surface area contributed by atoms with Crippen molar-refractivity contribution < 1.29 is 4.79 Å². The van der Waals surface area contributed by atoms with Gasteiger partial charge in [-0.25, -0.2) is 0 Å². The number of aromatic nitrogens is 1. The van der Waals surface area contributed by atoms with E-state index < -0.39 is 0 Å². The summed E-state index contributed by atoms with van der Waals surface area (Å²) in [6, 6.07) is 3.69. The standard InChI is InChI=1S/C9H8N2O/c12-6-7-3-5-10-8-2-1-4-11-9(7)8/h1-2,4-7H,3H2. The highest BCUT2D eigenvalue weighted by Gasteiger charge is 2.17. The van der Waals surface area contributed by atoms with E-state index in [4.69, 9.17) is 0 Å². The molecule has 12 heavy (non-hydrogen) atoms. The third-order valence-electron chi connectivity index (χ3n) is 1.92. The maximum absolute atomic E-state index is 10.6. The highest BCUT2D eigenvalue weighted by molar-refractivity contribution is 5.78. The van der Waals surface area contributed by atoms with Crippen molar-refractivity contribution in [3.8, 4) is 0 Å². The summed E-state index contributed by atoms with van der Waals surface area (Å²) in [7, 11) is 0. The Morgan fingerprint density at radius 3 is 3.33 bits per heavy atom. The average Bonchev–Trinajstić information content (AvgIpc) is 2.17. The lowest BCUT2D eigenvalue weighted by Crippen LogP contribution is -2.07. The topological polar surface area (TPSA) is 42.3 Å². The van der Waals surface area contributed by atoms with E-state index >= 15 is 0 Å². The lowest BCUT2D eigenvalue weighted by molar-refractivity contribution is -0.109. The normalized spacial score (nSPS) is 20.2. The van der Waals surface area contributed by atoms with Crippen LogP contribution in [0.4, 0.5) is 5.69 Å². The quantitative estimate of drug-likeness (QED) is 0.584. The van der Waals surface area contributed by atoms with Crippen molar-refractivity contribution in [3.05, 3.63) is 24.0 Å². The van der Waals surface area contributed by atoms with Crippen molar-refractivity contribution in [2.75, 3.05) is 0 Å². The first-order valence-corrected chi connectivity index (χ1v) is 3.84. The van der Waals surface area contributed by atoms with E-state index in [-0.39, 0.29) is 5.92 Å². The third-order valence-corrected chi connectivity index (χ3v) is 1.92. The zero-order valence-electron chi connectivity index (χ0n) is 6.47. The van der Waals surface area contributed by atoms with E-state index in [1.165, 1.54) is 0 Å². The van der Waals surface area contributed by atoms with Crippen molar-refractivity contribution in [3.63, 3.8) is 0 Å². The molecule has 0 amide bonds. The molecule has 2 rings (SSSR count). The Balaban J connectivity index is 2.52. The summed E-state index contributed by atoms with van der Waals surface area (Å²) >= 11 is 0. The van der Waals surface area contributed by atoms with Gasteiger partial charge in [0.1, 0.15) is 6.29 Å². The number of nitrogens with zero attached hydrogens (tertiary/aromatic N) is 2. The largest absolute Gasteiger partial charge is 0.303 e. The van der Waals surface area contributed by atoms with Crippen molar-refractivity contribution in [2.45, 2.75) is 12.3 Å². The second-order valence-corrected chi connectivity index (χ2v) is 2.70. The molecule has 3 heteroatoms. The molecular formula is C9H8N2O. The Labute approximate surface area is 70.2 Å². The van der Waals surface area contributed by atoms with Gasteiger partial charge in [0.2, 0.25) is 0 Å². The SMILES string of the molecule is O=CC1CC=Nc2cccnc21. The molecule has 0 saturated heterocycles. The first-order valence-electron chi connectivity index (χ1n) is 3.84. The summed E-state index contributed by atoms with van der Waals surface area (Å²) in [4.78, 5) is 18.9. The van der Waals surface area contributed by atoms with Gasteiger partial charge in [-0.15, -0.1) is 0 Å². The minimum atomic E-state index is -0.0984. The van der Waals surface area contributed by atoms with E-state index in [9.17, 15) is 4.79 Å². The lowest BCUT2D eigenvalue weighted by Gasteiger charge is -2.13. The highest BCUT2D eigenvalue weighted by atomic mass is 16.1. The summed E-state index contributed by atoms with van der Waals surface area (Å²) in [5.41, 5.74) is 1.62. The zero-order valence-corrected chi connectivity index (χ0v) is 6.47. The molecule has 0 fully saturated rings. The maximum atomic E-state index is 10.6. The lowest BCUT2D eigenvalue weighted by atomic mass is 10.00. The Kier molecular flexibility index (Phi) is 1.70. The molecule has 0 saturated carbocycles. The van der Waals surface area contributed by atoms with Gasteiger partial charge in [-0.1, -0.05) is 0 Å². The number of carbonyl (C=O) groups is 1. The summed E-state index contributed by atoms with van der Waals surface area (Å²) in [6.45, 7) is 0. The fourth-order valence-corrected chi connectivity index (χ4v) is 1.30. The van der Waals surface area contributed by atoms with Gasteiger partial charge < -0.3 is 4.79 Å². The molecule has 1 aliphatic rings. The van der Waals surface area contributed by atoms with Crippen molar-refractivity contribution in [1.29, 1.82) is 0 Å². The molecule has 3 nitrogen and oxygen atoms in total. The molecule has 1 atom stereocenters. The first kappa shape index (κ1) is 7.16. The fourth-order valence-electron chi connectivity index (χ4n) is 1.30. The highest BCUT2D eigenvalue weighted by Crippen LogP contribution is 2.28. The number of pyridine rings is 1. The van der Waals surface area contributed by atoms with Crippen LogP contribution in [0.5, 0.6) is 0 Å². The van der Waals surface area contributed by atoms with Gasteiger partial charge in [0.25, 0.3) is 0 Å². The predicted molar refractivity (Wildman–Crippen MR) is 45.8 cm³/mol. The van der Waals surface area contributed by atoms with Crippen LogP contribution in [-0.4, -0.2) is 17.5 Å². The summed E-state index contributed by atoms with van der Waals surface area (Å²) in [5, 5.41) is 0. The van der Waals surface area contributed by atoms with Crippen LogP contribution in [0.1, 0.15) is 18.0 Å². The molecule has 1 aromatic rings. The van der Waals surface area contributed by atoms with Crippen LogP contribution in [0.3, 0.4) is 0 Å². The second-order valence-electron chi connectivity index (χ2n) is 2.70. The van der Waals surface area contributed by atoms with E-state index in [2.05, 4.69) is 9.98 Å². The molecule has 1 aromatic heterocycles. The Hall–Kier alpha value is -1.51. The Morgan fingerprint density at radius 2 is 2.50 bits per heavy atom. The van der Waals surface area contributed by atoms with Crippen LogP contribution in [-0.2, 0) is 4.79 Å². The van der Waals surface area contributed by atoms with Gasteiger partial charge in [-0.3, -0.25) is 9.98 Å². The Bertz CT molecular complexity index is 333. The van der Waals surface area contributed by atoms with Crippen LogP contribution in [0, 0.1) is 0 Å². The second kappa shape index (κ2) is 2.85. The molecule has 1 unspecified atom stereocenters. The van der Waals surface area contributed by atoms with Crippen LogP contribution < -0.4 is 0 Å². The number of fused-ring (bicyclic) bond motifs is 1. The molecule has 0 radical (unpaired) electrons. The molecule has 0 N–H and O–H groups in total. The van der Waals surface area contributed by atoms with Crippen molar-refractivity contribution >= 4 is 18.2 Å². The number of hydrogen-bond acceptors (Lipinski definition) is 3. The van der Waals surface area contributed by atoms with Gasteiger partial charge >= 0.3 is 0 Å². The van der Waals surface area contributed by atoms with Crippen LogP contribution >= 0.6 is 0 Å². The predicted octanol–water partition coefficient (Wildman–Crippen LogP) is 1.47. The molecule has 2 heterocycles. The van der Waals surface area contributed by atoms with Crippen LogP contribution in [0.15, 0.2) is 23.3 Å². The molecule has 0 aliphatic carbocycles. The number of aliphatic imine (C=N–C) groups is 1. The zero-order chi connectivity index (χ0) is 8.39. The summed E-state index contributed by atoms with van der Waals surface area (Å²) < 4.78 is 0. The molecule has 0 aromatic carbocycles. The number of rotatable bonds is 1. The monoisotopic (exact) mass is 160 g/mol. The van der Waals surface area contributed by atoms with Gasteiger partial charge in [0.05, 0.1) is 17.3 Å². The molecule has 0 spiro atoms. The number of carbonyl (C=O) groups excluding carboxylic acids is 1. The van der Waals surface area contributed by atoms with Crippen molar-refractivity contribution in [2.24, 2.45) is 4.99 Å². The molecular weight excluding hydrogens is 152 g/mol. The maximum Gasteiger partial charge on any atom is 0.129 e. The van der Waals surface area contributed by atoms with Crippen LogP contribution in [0.25, 0.3) is 0 Å². The first-order chi connectivity index (χ1) is 5.92. The van der Waals surface area contributed by atoms with Gasteiger partial charge in [-0.2, -0.15) is 0 Å². The molecule has 1 aliphatic heterocycles. The van der Waals surface area contributed by atoms with Gasteiger partial charge in [0.15, 0.2) is 0 Å². The van der Waals surface area contributed by atoms with Gasteiger partial charge in [0, 0.05) is 12.4 Å². The number of aldehydes is 1. The average molecular weight is 160 g/mol. The van der Waals surface area contributed by atoms with E-state index in [0.717, 1.165) is 17.7 Å².